The van der Waals surface area contributed by atoms with Crippen LogP contribution in [0.15, 0.2) is 18.2 Å². The topological polar surface area (TPSA) is 65.1 Å². The van der Waals surface area contributed by atoms with Gasteiger partial charge in [-0.2, -0.15) is 5.26 Å². The lowest BCUT2D eigenvalue weighted by Crippen LogP contribution is -2.42. The summed E-state index contributed by atoms with van der Waals surface area (Å²) >= 11 is 0. The van der Waals surface area contributed by atoms with E-state index in [0.29, 0.717) is 17.3 Å². The smallest absolute Gasteiger partial charge is 0.0992 e. The zero-order valence-electron chi connectivity index (χ0n) is 11.1. The van der Waals surface area contributed by atoms with E-state index in [2.05, 4.69) is 16.3 Å². The molecule has 2 aliphatic heterocycles. The molecule has 3 N–H and O–H groups in total. The Kier molecular flexibility index (Phi) is 3.31. The number of hydrogen-bond acceptors (Lipinski definition) is 4. The molecule has 0 radical (unpaired) electrons. The molecule has 2 fully saturated rings. The Labute approximate surface area is 114 Å². The van der Waals surface area contributed by atoms with Gasteiger partial charge >= 0.3 is 0 Å². The molecule has 2 unspecified atom stereocenters. The van der Waals surface area contributed by atoms with Gasteiger partial charge in [-0.05, 0) is 50.4 Å². The number of nitrogen functional groups attached to an aromatic ring is 1. The zero-order chi connectivity index (χ0) is 13.2. The molecule has 0 aromatic heterocycles. The third-order valence-electron chi connectivity index (χ3n) is 4.36. The molecule has 0 saturated carbocycles. The normalized spacial score (nSPS) is 26.7. The number of nitrogens with two attached hydrogens (primary N) is 1. The van der Waals surface area contributed by atoms with Crippen LogP contribution in [0.2, 0.25) is 0 Å². The van der Waals surface area contributed by atoms with Crippen molar-refractivity contribution >= 4 is 11.4 Å². The van der Waals surface area contributed by atoms with Crippen LogP contribution in [0.4, 0.5) is 11.4 Å². The summed E-state index contributed by atoms with van der Waals surface area (Å²) in [7, 11) is 0. The summed E-state index contributed by atoms with van der Waals surface area (Å²) in [5.74, 6) is 0. The van der Waals surface area contributed by atoms with Crippen LogP contribution in [0.5, 0.6) is 0 Å². The number of benzene rings is 1. The van der Waals surface area contributed by atoms with E-state index in [1.54, 1.807) is 6.07 Å². The Morgan fingerprint density at radius 2 is 2.21 bits per heavy atom. The largest absolute Gasteiger partial charge is 0.397 e. The highest BCUT2D eigenvalue weighted by molar-refractivity contribution is 5.68. The lowest BCUT2D eigenvalue weighted by atomic mass is 9.97. The first-order valence-electron chi connectivity index (χ1n) is 7.06. The van der Waals surface area contributed by atoms with Crippen molar-refractivity contribution in [1.29, 1.82) is 5.26 Å². The molecule has 2 atom stereocenters. The average molecular weight is 256 g/mol. The van der Waals surface area contributed by atoms with Crippen LogP contribution in [0, 0.1) is 11.3 Å². The molecule has 19 heavy (non-hydrogen) atoms. The molecule has 2 heterocycles. The zero-order valence-corrected chi connectivity index (χ0v) is 11.1. The first kappa shape index (κ1) is 12.3. The first-order valence-corrected chi connectivity index (χ1v) is 7.06. The Balaban J connectivity index is 1.67. The summed E-state index contributed by atoms with van der Waals surface area (Å²) in [6, 6.07) is 8.87. The van der Waals surface area contributed by atoms with Gasteiger partial charge in [-0.3, -0.25) is 0 Å². The van der Waals surface area contributed by atoms with Crippen LogP contribution < -0.4 is 11.1 Å². The first-order chi connectivity index (χ1) is 9.26. The van der Waals surface area contributed by atoms with Gasteiger partial charge in [0, 0.05) is 18.6 Å². The van der Waals surface area contributed by atoms with Crippen molar-refractivity contribution in [3.8, 4) is 6.07 Å². The monoisotopic (exact) mass is 256 g/mol. The van der Waals surface area contributed by atoms with Crippen molar-refractivity contribution in [2.45, 2.75) is 37.8 Å². The number of nitrogens with one attached hydrogen (secondary N) is 1. The van der Waals surface area contributed by atoms with Crippen LogP contribution in [0.3, 0.4) is 0 Å². The predicted molar refractivity (Wildman–Crippen MR) is 76.8 cm³/mol. The number of fused-ring (bicyclic) bond motifs is 1. The lowest BCUT2D eigenvalue weighted by molar-refractivity contribution is 0.188. The molecule has 1 aromatic rings. The summed E-state index contributed by atoms with van der Waals surface area (Å²) in [5.41, 5.74) is 8.26. The SMILES string of the molecule is N#Cc1ccc(NC2CCN3CCCC3C2)c(N)c1. The third kappa shape index (κ3) is 2.52. The van der Waals surface area contributed by atoms with Gasteiger partial charge in [-0.25, -0.2) is 0 Å². The summed E-state index contributed by atoms with van der Waals surface area (Å²) in [6.07, 6.45) is 5.06. The van der Waals surface area contributed by atoms with Crippen LogP contribution in [-0.4, -0.2) is 30.1 Å². The Bertz CT molecular complexity index is 505. The highest BCUT2D eigenvalue weighted by Crippen LogP contribution is 2.30. The minimum absolute atomic E-state index is 0.509. The molecular weight excluding hydrogens is 236 g/mol. The number of nitriles is 1. The predicted octanol–water partition coefficient (Wildman–Crippen LogP) is 2.18. The van der Waals surface area contributed by atoms with E-state index in [1.807, 2.05) is 12.1 Å². The van der Waals surface area contributed by atoms with E-state index in [1.165, 1.54) is 38.8 Å². The molecular formula is C15H20N4. The van der Waals surface area contributed by atoms with E-state index in [0.717, 1.165) is 11.7 Å². The highest BCUT2D eigenvalue weighted by Gasteiger charge is 2.31. The number of anilines is 2. The third-order valence-corrected chi connectivity index (χ3v) is 4.36. The van der Waals surface area contributed by atoms with Gasteiger partial charge in [-0.15, -0.1) is 0 Å². The molecule has 0 spiro atoms. The number of piperidine rings is 1. The fourth-order valence-electron chi connectivity index (χ4n) is 3.34. The molecule has 0 bridgehead atoms. The van der Waals surface area contributed by atoms with Gasteiger partial charge in [0.25, 0.3) is 0 Å². The van der Waals surface area contributed by atoms with E-state index >= 15 is 0 Å². The van der Waals surface area contributed by atoms with Gasteiger partial charge in [-0.1, -0.05) is 0 Å². The van der Waals surface area contributed by atoms with Crippen LogP contribution in [-0.2, 0) is 0 Å². The highest BCUT2D eigenvalue weighted by atomic mass is 15.2. The number of hydrogen-bond donors (Lipinski definition) is 2. The Morgan fingerprint density at radius 1 is 1.32 bits per heavy atom. The molecule has 1 aromatic carbocycles. The van der Waals surface area contributed by atoms with E-state index in [-0.39, 0.29) is 0 Å². The quantitative estimate of drug-likeness (QED) is 0.796. The maximum Gasteiger partial charge on any atom is 0.0992 e. The molecule has 100 valence electrons. The van der Waals surface area contributed by atoms with Crippen molar-refractivity contribution in [2.24, 2.45) is 0 Å². The number of rotatable bonds is 2. The Hall–Kier alpha value is -1.73. The van der Waals surface area contributed by atoms with Crippen molar-refractivity contribution in [1.82, 2.24) is 4.90 Å². The standard InChI is InChI=1S/C15H20N4/c16-10-11-3-4-15(14(17)8-11)18-12-5-7-19-6-1-2-13(19)9-12/h3-4,8,12-13,18H,1-2,5-7,9,17H2. The Morgan fingerprint density at radius 3 is 3.00 bits per heavy atom. The summed E-state index contributed by atoms with van der Waals surface area (Å²) in [4.78, 5) is 2.61. The second-order valence-corrected chi connectivity index (χ2v) is 5.61. The second-order valence-electron chi connectivity index (χ2n) is 5.61. The van der Waals surface area contributed by atoms with Gasteiger partial charge in [0.1, 0.15) is 0 Å². The second kappa shape index (κ2) is 5.10. The number of nitrogens with zero attached hydrogens (tertiary/aromatic N) is 2. The lowest BCUT2D eigenvalue weighted by Gasteiger charge is -2.35. The summed E-state index contributed by atoms with van der Waals surface area (Å²) < 4.78 is 0. The van der Waals surface area contributed by atoms with Crippen molar-refractivity contribution in [2.75, 3.05) is 24.1 Å². The summed E-state index contributed by atoms with van der Waals surface area (Å²) in [6.45, 7) is 2.47. The fraction of sp³-hybridized carbons (Fsp3) is 0.533. The van der Waals surface area contributed by atoms with Crippen molar-refractivity contribution in [3.05, 3.63) is 23.8 Å². The van der Waals surface area contributed by atoms with Gasteiger partial charge in [0.05, 0.1) is 23.0 Å². The molecule has 2 aliphatic rings. The molecule has 4 nitrogen and oxygen atoms in total. The van der Waals surface area contributed by atoms with E-state index in [9.17, 15) is 0 Å². The molecule has 0 aliphatic carbocycles. The van der Waals surface area contributed by atoms with Gasteiger partial charge < -0.3 is 16.0 Å². The molecule has 3 rings (SSSR count). The van der Waals surface area contributed by atoms with Crippen molar-refractivity contribution < 1.29 is 0 Å². The average Bonchev–Trinajstić information content (AvgIpc) is 2.88. The minimum atomic E-state index is 0.509. The minimum Gasteiger partial charge on any atom is -0.397 e. The van der Waals surface area contributed by atoms with Gasteiger partial charge in [0.15, 0.2) is 0 Å². The van der Waals surface area contributed by atoms with E-state index < -0.39 is 0 Å². The van der Waals surface area contributed by atoms with Crippen LogP contribution >= 0.6 is 0 Å². The van der Waals surface area contributed by atoms with Gasteiger partial charge in [0.2, 0.25) is 0 Å². The maximum atomic E-state index is 8.85. The van der Waals surface area contributed by atoms with E-state index in [4.69, 9.17) is 11.0 Å². The fourth-order valence-corrected chi connectivity index (χ4v) is 3.34. The molecule has 0 amide bonds. The molecule has 4 heteroatoms. The maximum absolute atomic E-state index is 8.85. The summed E-state index contributed by atoms with van der Waals surface area (Å²) in [5, 5.41) is 12.4. The van der Waals surface area contributed by atoms with Crippen LogP contribution in [0.1, 0.15) is 31.2 Å². The van der Waals surface area contributed by atoms with Crippen LogP contribution in [0.25, 0.3) is 0 Å². The molecule has 2 saturated heterocycles. The van der Waals surface area contributed by atoms with Crippen molar-refractivity contribution in [3.63, 3.8) is 0 Å².